The number of hydrogen-bond acceptors (Lipinski definition) is 6. The molecular formula is C44H26N16. The van der Waals surface area contributed by atoms with Gasteiger partial charge < -0.3 is 9.97 Å². The van der Waals surface area contributed by atoms with Gasteiger partial charge in [-0.2, -0.15) is 0 Å². The second kappa shape index (κ2) is 15.7. The normalized spacial score (nSPS) is 11.2. The van der Waals surface area contributed by atoms with Gasteiger partial charge in [-0.05, 0) is 117 Å². The van der Waals surface area contributed by atoms with Crippen molar-refractivity contribution in [2.75, 3.05) is 0 Å². The van der Waals surface area contributed by atoms with E-state index in [4.69, 9.17) is 9.97 Å². The van der Waals surface area contributed by atoms with Gasteiger partial charge in [0.25, 0.3) is 0 Å². The Bertz CT molecular complexity index is 2930. The molecule has 2 aliphatic heterocycles. The third-order valence-electron chi connectivity index (χ3n) is 9.93. The van der Waals surface area contributed by atoms with Gasteiger partial charge in [0.05, 0.1) is 22.8 Å². The number of benzene rings is 4. The van der Waals surface area contributed by atoms with Crippen molar-refractivity contribution in [1.82, 2.24) is 19.9 Å². The first-order chi connectivity index (χ1) is 29.5. The summed E-state index contributed by atoms with van der Waals surface area (Å²) < 4.78 is 0. The Kier molecular flexibility index (Phi) is 9.51. The van der Waals surface area contributed by atoms with Gasteiger partial charge in [-0.15, -0.1) is 0 Å². The van der Waals surface area contributed by atoms with E-state index in [9.17, 15) is 22.1 Å². The first-order valence-electron chi connectivity index (χ1n) is 18.3. The maximum absolute atomic E-state index is 9.30. The van der Waals surface area contributed by atoms with E-state index in [2.05, 4.69) is 50.1 Å². The molecule has 16 heteroatoms. The molecule has 2 aliphatic rings. The van der Waals surface area contributed by atoms with E-state index in [0.29, 0.717) is 67.6 Å². The summed E-state index contributed by atoms with van der Waals surface area (Å²) in [5.74, 6) is 0. The zero-order valence-corrected chi connectivity index (χ0v) is 31.1. The Morgan fingerprint density at radius 3 is 0.833 bits per heavy atom. The molecule has 0 fully saturated rings. The van der Waals surface area contributed by atoms with Crippen molar-refractivity contribution in [1.29, 1.82) is 0 Å². The molecule has 60 heavy (non-hydrogen) atoms. The maximum Gasteiger partial charge on any atom is 0.0737 e. The number of fused-ring (bicyclic) bond motifs is 8. The number of rotatable bonds is 8. The van der Waals surface area contributed by atoms with Crippen LogP contribution in [0.2, 0.25) is 0 Å². The summed E-state index contributed by atoms with van der Waals surface area (Å²) in [7, 11) is 0. The Balaban J connectivity index is 1.48. The molecule has 16 nitrogen and oxygen atoms in total. The summed E-state index contributed by atoms with van der Waals surface area (Å²) in [5.41, 5.74) is 50.2. The minimum atomic E-state index is 0.432. The summed E-state index contributed by atoms with van der Waals surface area (Å²) in [6.07, 6.45) is 7.73. The van der Waals surface area contributed by atoms with Crippen molar-refractivity contribution in [3.63, 3.8) is 0 Å². The van der Waals surface area contributed by atoms with Crippen molar-refractivity contribution in [3.8, 4) is 44.5 Å². The zero-order chi connectivity index (χ0) is 41.0. The molecular weight excluding hydrogens is 753 g/mol. The largest absolute Gasteiger partial charge is 0.354 e. The first-order valence-corrected chi connectivity index (χ1v) is 18.3. The highest BCUT2D eigenvalue weighted by Crippen LogP contribution is 2.40. The lowest BCUT2D eigenvalue weighted by molar-refractivity contribution is 1.31. The fraction of sp³-hybridized carbons (Fsp3) is 0. The highest BCUT2D eigenvalue weighted by atomic mass is 15.1. The molecule has 0 spiro atoms. The third kappa shape index (κ3) is 6.91. The highest BCUT2D eigenvalue weighted by Gasteiger charge is 2.19. The molecule has 7 aromatic rings. The Morgan fingerprint density at radius 2 is 0.600 bits per heavy atom. The van der Waals surface area contributed by atoms with Gasteiger partial charge in [0, 0.05) is 86.7 Å². The van der Waals surface area contributed by atoms with Crippen LogP contribution in [0.25, 0.3) is 133 Å². The van der Waals surface area contributed by atoms with Crippen LogP contribution in [0.15, 0.2) is 142 Å². The molecule has 0 amide bonds. The number of azide groups is 4. The van der Waals surface area contributed by atoms with Crippen LogP contribution in [-0.2, 0) is 0 Å². The maximum atomic E-state index is 9.30. The minimum Gasteiger partial charge on any atom is -0.354 e. The summed E-state index contributed by atoms with van der Waals surface area (Å²) in [6, 6.07) is 37.0. The van der Waals surface area contributed by atoms with Crippen LogP contribution in [0.1, 0.15) is 22.8 Å². The summed E-state index contributed by atoms with van der Waals surface area (Å²) in [5, 5.41) is 15.5. The van der Waals surface area contributed by atoms with Crippen LogP contribution in [-0.4, -0.2) is 19.9 Å². The monoisotopic (exact) mass is 778 g/mol. The van der Waals surface area contributed by atoms with Crippen LogP contribution in [0, 0.1) is 0 Å². The first kappa shape index (κ1) is 36.4. The van der Waals surface area contributed by atoms with Crippen molar-refractivity contribution in [2.24, 2.45) is 20.5 Å². The Labute approximate surface area is 339 Å². The lowest BCUT2D eigenvalue weighted by Gasteiger charge is -2.08. The van der Waals surface area contributed by atoms with E-state index in [1.165, 1.54) is 0 Å². The molecule has 4 aromatic carbocycles. The molecule has 0 saturated heterocycles. The predicted molar refractivity (Wildman–Crippen MR) is 236 cm³/mol. The molecule has 0 atom stereocenters. The van der Waals surface area contributed by atoms with Crippen LogP contribution in [0.4, 0.5) is 22.7 Å². The van der Waals surface area contributed by atoms with E-state index in [0.717, 1.165) is 44.5 Å². The molecule has 9 rings (SSSR count). The molecule has 0 saturated carbocycles. The van der Waals surface area contributed by atoms with Crippen LogP contribution in [0.3, 0.4) is 0 Å². The van der Waals surface area contributed by atoms with E-state index >= 15 is 0 Å². The zero-order valence-electron chi connectivity index (χ0n) is 31.1. The van der Waals surface area contributed by atoms with Gasteiger partial charge >= 0.3 is 0 Å². The number of hydrogen-bond donors (Lipinski definition) is 2. The Hall–Kier alpha value is -9.28. The van der Waals surface area contributed by atoms with Crippen LogP contribution < -0.4 is 0 Å². The molecule has 2 N–H and O–H groups in total. The van der Waals surface area contributed by atoms with Gasteiger partial charge in [-0.1, -0.05) is 93.3 Å². The SMILES string of the molecule is [N-]=[N+]=Nc1cccc(-c2c3nc(c(-c4cccc(N=[N+]=[N-])c4)c4ccc([nH]4)c(-c4cccc(N=[N+]=[N-])c4)c4nc(c(-c5cccc(N=[N+]=[N-])c5)c5ccc2[nH]5)C=C4)C=C3)c1. The van der Waals surface area contributed by atoms with E-state index < -0.39 is 0 Å². The average molecular weight is 779 g/mol. The van der Waals surface area contributed by atoms with Gasteiger partial charge in [0.15, 0.2) is 0 Å². The standard InChI is InChI=1S/C44H26N16/c45-57-53-29-9-1-5-25(21-29)41-33-13-15-35(49-33)42(26-6-2-10-30(22-26)54-58-46)37-17-19-39(51-37)44(28-8-4-12-32(24-28)56-60-48)40-20-18-38(52-40)43(36-16-14-34(41)50-36)27-7-3-11-31(23-27)55-59-47/h1-24,49,52H. The highest BCUT2D eigenvalue weighted by molar-refractivity contribution is 6.00. The van der Waals surface area contributed by atoms with E-state index in [1.807, 2.05) is 97.1 Å². The van der Waals surface area contributed by atoms with Gasteiger partial charge in [-0.3, -0.25) is 0 Å². The number of aromatic amines is 2. The summed E-state index contributed by atoms with van der Waals surface area (Å²) in [4.78, 5) is 29.9. The molecule has 3 aromatic heterocycles. The molecule has 282 valence electrons. The smallest absolute Gasteiger partial charge is 0.0737 e. The predicted octanol–water partition coefficient (Wildman–Crippen LogP) is 15.1. The van der Waals surface area contributed by atoms with Crippen molar-refractivity contribution in [3.05, 3.63) is 186 Å². The number of nitrogens with one attached hydrogen (secondary N) is 2. The minimum absolute atomic E-state index is 0.432. The van der Waals surface area contributed by atoms with Crippen molar-refractivity contribution < 1.29 is 0 Å². The molecule has 0 radical (unpaired) electrons. The number of aromatic nitrogens is 4. The van der Waals surface area contributed by atoms with Crippen LogP contribution >= 0.6 is 0 Å². The number of nitrogens with zero attached hydrogens (tertiary/aromatic N) is 14. The summed E-state index contributed by atoms with van der Waals surface area (Å²) in [6.45, 7) is 0. The molecule has 0 aliphatic carbocycles. The fourth-order valence-electron chi connectivity index (χ4n) is 7.52. The van der Waals surface area contributed by atoms with Gasteiger partial charge in [0.1, 0.15) is 0 Å². The van der Waals surface area contributed by atoms with E-state index in [-0.39, 0.29) is 0 Å². The van der Waals surface area contributed by atoms with Crippen LogP contribution in [0.5, 0.6) is 0 Å². The van der Waals surface area contributed by atoms with Crippen molar-refractivity contribution >= 4 is 69.1 Å². The number of H-pyrrole nitrogens is 2. The van der Waals surface area contributed by atoms with Crippen molar-refractivity contribution in [2.45, 2.75) is 0 Å². The Morgan fingerprint density at radius 1 is 0.350 bits per heavy atom. The quantitative estimate of drug-likeness (QED) is 0.0867. The molecule has 0 unspecified atom stereocenters. The molecule has 8 bridgehead atoms. The fourth-order valence-corrected chi connectivity index (χ4v) is 7.52. The second-order valence-electron chi connectivity index (χ2n) is 13.5. The lowest BCUT2D eigenvalue weighted by atomic mass is 10.0. The van der Waals surface area contributed by atoms with E-state index in [1.54, 1.807) is 48.5 Å². The summed E-state index contributed by atoms with van der Waals surface area (Å²) >= 11 is 0. The van der Waals surface area contributed by atoms with Gasteiger partial charge in [-0.25, -0.2) is 9.97 Å². The topological polar surface area (TPSA) is 252 Å². The third-order valence-corrected chi connectivity index (χ3v) is 9.93. The molecule has 5 heterocycles. The lowest BCUT2D eigenvalue weighted by Crippen LogP contribution is -1.89. The average Bonchev–Trinajstić information content (AvgIpc) is 4.10. The second-order valence-corrected chi connectivity index (χ2v) is 13.5. The van der Waals surface area contributed by atoms with Gasteiger partial charge in [0.2, 0.25) is 0 Å².